The molecule has 2 aromatic heterocycles. The lowest BCUT2D eigenvalue weighted by atomic mass is 10.1. The second kappa shape index (κ2) is 6.96. The van der Waals surface area contributed by atoms with Crippen molar-refractivity contribution in [3.05, 3.63) is 69.4 Å². The molecule has 0 spiro atoms. The predicted octanol–water partition coefficient (Wildman–Crippen LogP) is 3.50. The Labute approximate surface area is 156 Å². The van der Waals surface area contributed by atoms with Crippen molar-refractivity contribution < 1.29 is 9.53 Å². The maximum absolute atomic E-state index is 12.9. The molecular formula is C20H21N3O2S. The summed E-state index contributed by atoms with van der Waals surface area (Å²) in [4.78, 5) is 19.5. The van der Waals surface area contributed by atoms with Gasteiger partial charge in [0.05, 0.1) is 12.0 Å². The largest absolute Gasteiger partial charge is 0.497 e. The van der Waals surface area contributed by atoms with E-state index in [2.05, 4.69) is 10.3 Å². The van der Waals surface area contributed by atoms with Gasteiger partial charge in [-0.1, -0.05) is 12.1 Å². The van der Waals surface area contributed by atoms with E-state index in [1.54, 1.807) is 24.6 Å². The third-order valence-corrected chi connectivity index (χ3v) is 6.05. The number of benzene rings is 1. The zero-order valence-electron chi connectivity index (χ0n) is 14.9. The molecule has 2 heterocycles. The number of carbonyl (C=O) groups is 1. The number of ether oxygens (including phenoxy) is 1. The van der Waals surface area contributed by atoms with Gasteiger partial charge in [0.2, 0.25) is 0 Å². The molecule has 4 rings (SSSR count). The highest BCUT2D eigenvalue weighted by molar-refractivity contribution is 7.14. The standard InChI is InChI=1S/C20H21N3O2S/c1-23-11-10-21-19(23)18(13-6-8-15(25-2)9-7-13)22-20(24)17-12-14-4-3-5-16(14)26-17/h6-12,18H,3-5H2,1-2H3,(H,22,24)/t18-/m0/s1. The molecule has 1 aliphatic rings. The summed E-state index contributed by atoms with van der Waals surface area (Å²) < 4.78 is 7.18. The molecule has 0 aliphatic heterocycles. The molecule has 3 aromatic rings. The molecule has 6 heteroatoms. The summed E-state index contributed by atoms with van der Waals surface area (Å²) in [7, 11) is 3.58. The van der Waals surface area contributed by atoms with Gasteiger partial charge in [0, 0.05) is 24.3 Å². The Kier molecular flexibility index (Phi) is 4.51. The van der Waals surface area contributed by atoms with Crippen molar-refractivity contribution in [3.8, 4) is 5.75 Å². The first-order valence-electron chi connectivity index (χ1n) is 8.69. The van der Waals surface area contributed by atoms with E-state index in [4.69, 9.17) is 4.74 Å². The van der Waals surface area contributed by atoms with Gasteiger partial charge >= 0.3 is 0 Å². The summed E-state index contributed by atoms with van der Waals surface area (Å²) in [6.45, 7) is 0. The van der Waals surface area contributed by atoms with E-state index in [1.165, 1.54) is 16.9 Å². The monoisotopic (exact) mass is 367 g/mol. The van der Waals surface area contributed by atoms with Gasteiger partial charge < -0.3 is 14.6 Å². The Morgan fingerprint density at radius 2 is 2.12 bits per heavy atom. The van der Waals surface area contributed by atoms with Gasteiger partial charge in [-0.05, 0) is 48.6 Å². The number of hydrogen-bond acceptors (Lipinski definition) is 4. The van der Waals surface area contributed by atoms with E-state index in [-0.39, 0.29) is 11.9 Å². The van der Waals surface area contributed by atoms with E-state index < -0.39 is 0 Å². The van der Waals surface area contributed by atoms with Crippen LogP contribution in [0.15, 0.2) is 42.7 Å². The molecule has 0 fully saturated rings. The SMILES string of the molecule is COc1ccc([C@H](NC(=O)c2cc3c(s2)CCC3)c2nccn2C)cc1. The number of imidazole rings is 1. The molecule has 0 bridgehead atoms. The lowest BCUT2D eigenvalue weighted by Crippen LogP contribution is -2.30. The topological polar surface area (TPSA) is 56.1 Å². The number of methoxy groups -OCH3 is 1. The fourth-order valence-electron chi connectivity index (χ4n) is 3.39. The number of hydrogen-bond donors (Lipinski definition) is 1. The maximum Gasteiger partial charge on any atom is 0.262 e. The van der Waals surface area contributed by atoms with Gasteiger partial charge in [-0.3, -0.25) is 4.79 Å². The number of aromatic nitrogens is 2. The molecule has 1 aromatic carbocycles. The summed E-state index contributed by atoms with van der Waals surface area (Å²) in [5.74, 6) is 1.54. The van der Waals surface area contributed by atoms with E-state index in [0.29, 0.717) is 0 Å². The molecule has 1 amide bonds. The minimum absolute atomic E-state index is 0.0479. The highest BCUT2D eigenvalue weighted by atomic mass is 32.1. The average molecular weight is 367 g/mol. The number of nitrogens with zero attached hydrogens (tertiary/aromatic N) is 2. The second-order valence-corrected chi connectivity index (χ2v) is 7.63. The molecule has 0 saturated heterocycles. The zero-order chi connectivity index (χ0) is 18.1. The molecule has 5 nitrogen and oxygen atoms in total. The maximum atomic E-state index is 12.9. The lowest BCUT2D eigenvalue weighted by Gasteiger charge is -2.19. The predicted molar refractivity (Wildman–Crippen MR) is 102 cm³/mol. The number of fused-ring (bicyclic) bond motifs is 1. The van der Waals surface area contributed by atoms with Crippen molar-refractivity contribution in [2.45, 2.75) is 25.3 Å². The molecule has 0 unspecified atom stereocenters. The van der Waals surface area contributed by atoms with Crippen molar-refractivity contribution in [3.63, 3.8) is 0 Å². The van der Waals surface area contributed by atoms with Crippen LogP contribution in [0.25, 0.3) is 0 Å². The third kappa shape index (κ3) is 3.12. The van der Waals surface area contributed by atoms with Crippen LogP contribution in [-0.2, 0) is 19.9 Å². The zero-order valence-corrected chi connectivity index (χ0v) is 15.7. The van der Waals surface area contributed by atoms with Crippen LogP contribution in [0.2, 0.25) is 0 Å². The van der Waals surface area contributed by atoms with Gasteiger partial charge in [0.25, 0.3) is 5.91 Å². The first-order valence-corrected chi connectivity index (χ1v) is 9.51. The highest BCUT2D eigenvalue weighted by Gasteiger charge is 2.24. The van der Waals surface area contributed by atoms with Gasteiger partial charge in [0.1, 0.15) is 17.6 Å². The molecule has 1 atom stereocenters. The van der Waals surface area contributed by atoms with Crippen LogP contribution < -0.4 is 10.1 Å². The lowest BCUT2D eigenvalue weighted by molar-refractivity contribution is 0.0945. The van der Waals surface area contributed by atoms with E-state index in [0.717, 1.165) is 34.9 Å². The number of thiophene rings is 1. The summed E-state index contributed by atoms with van der Waals surface area (Å²) in [5.41, 5.74) is 2.30. The molecule has 134 valence electrons. The number of aryl methyl sites for hydroxylation is 3. The summed E-state index contributed by atoms with van der Waals surface area (Å²) in [6, 6.07) is 9.46. The number of carbonyl (C=O) groups excluding carboxylic acids is 1. The Morgan fingerprint density at radius 1 is 1.31 bits per heavy atom. The van der Waals surface area contributed by atoms with Crippen molar-refractivity contribution in [1.29, 1.82) is 0 Å². The van der Waals surface area contributed by atoms with Crippen LogP contribution in [0.1, 0.15) is 44.0 Å². The summed E-state index contributed by atoms with van der Waals surface area (Å²) >= 11 is 1.62. The highest BCUT2D eigenvalue weighted by Crippen LogP contribution is 2.31. The van der Waals surface area contributed by atoms with Gasteiger partial charge in [-0.15, -0.1) is 11.3 Å². The van der Waals surface area contributed by atoms with Crippen molar-refractivity contribution in [2.75, 3.05) is 7.11 Å². The second-order valence-electron chi connectivity index (χ2n) is 6.49. The first kappa shape index (κ1) is 16.8. The quantitative estimate of drug-likeness (QED) is 0.751. The Balaban J connectivity index is 1.63. The molecule has 1 aliphatic carbocycles. The van der Waals surface area contributed by atoms with Crippen LogP contribution >= 0.6 is 11.3 Å². The molecule has 1 N–H and O–H groups in total. The number of amides is 1. The minimum Gasteiger partial charge on any atom is -0.497 e. The fourth-order valence-corrected chi connectivity index (χ4v) is 4.55. The summed E-state index contributed by atoms with van der Waals surface area (Å²) in [6.07, 6.45) is 7.01. The van der Waals surface area contributed by atoms with Crippen molar-refractivity contribution in [1.82, 2.24) is 14.9 Å². The van der Waals surface area contributed by atoms with Gasteiger partial charge in [-0.25, -0.2) is 4.98 Å². The van der Waals surface area contributed by atoms with Crippen LogP contribution in [-0.4, -0.2) is 22.6 Å². The van der Waals surface area contributed by atoms with Crippen LogP contribution in [0, 0.1) is 0 Å². The number of rotatable bonds is 5. The van der Waals surface area contributed by atoms with Crippen molar-refractivity contribution >= 4 is 17.2 Å². The molecular weight excluding hydrogens is 346 g/mol. The average Bonchev–Trinajstić information content (AvgIpc) is 3.35. The van der Waals surface area contributed by atoms with E-state index in [9.17, 15) is 4.79 Å². The van der Waals surface area contributed by atoms with Gasteiger partial charge in [-0.2, -0.15) is 0 Å². The van der Waals surface area contributed by atoms with Crippen LogP contribution in [0.5, 0.6) is 5.75 Å². The molecule has 0 radical (unpaired) electrons. The fraction of sp³-hybridized carbons (Fsp3) is 0.300. The van der Waals surface area contributed by atoms with Crippen LogP contribution in [0.3, 0.4) is 0 Å². The molecule has 0 saturated carbocycles. The normalized spacial score (nSPS) is 14.1. The molecule has 26 heavy (non-hydrogen) atoms. The first-order chi connectivity index (χ1) is 12.7. The van der Waals surface area contributed by atoms with Crippen LogP contribution in [0.4, 0.5) is 0 Å². The Morgan fingerprint density at radius 3 is 2.77 bits per heavy atom. The van der Waals surface area contributed by atoms with Crippen molar-refractivity contribution in [2.24, 2.45) is 7.05 Å². The summed E-state index contributed by atoms with van der Waals surface area (Å²) in [5, 5.41) is 3.17. The Bertz CT molecular complexity index is 905. The van der Waals surface area contributed by atoms with Gasteiger partial charge in [0.15, 0.2) is 0 Å². The van der Waals surface area contributed by atoms with E-state index in [1.807, 2.05) is 48.1 Å². The van der Waals surface area contributed by atoms with E-state index >= 15 is 0 Å². The minimum atomic E-state index is -0.314. The smallest absolute Gasteiger partial charge is 0.262 e. The third-order valence-electron chi connectivity index (χ3n) is 4.81. The Hall–Kier alpha value is -2.60. The number of nitrogens with one attached hydrogen (secondary N) is 1.